The fourth-order valence-corrected chi connectivity index (χ4v) is 1.52. The van der Waals surface area contributed by atoms with Crippen molar-refractivity contribution >= 4 is 5.82 Å². The standard InChI is InChI=1S/C12H20N2O/c1-3-5-10(2)8-15-9-11-6-4-7-12(13)14-11/h4,6-7,10H,3,5,8-9H2,1-2H3,(H2,13,14). The van der Waals surface area contributed by atoms with Crippen LogP contribution < -0.4 is 5.73 Å². The maximum Gasteiger partial charge on any atom is 0.123 e. The van der Waals surface area contributed by atoms with E-state index in [1.807, 2.05) is 12.1 Å². The van der Waals surface area contributed by atoms with Gasteiger partial charge in [-0.15, -0.1) is 0 Å². The van der Waals surface area contributed by atoms with Crippen LogP contribution in [0, 0.1) is 5.92 Å². The third-order valence-electron chi connectivity index (χ3n) is 2.26. The van der Waals surface area contributed by atoms with Crippen molar-refractivity contribution in [1.82, 2.24) is 4.98 Å². The molecule has 1 unspecified atom stereocenters. The SMILES string of the molecule is CCCC(C)COCc1cccc(N)n1. The molecule has 1 atom stereocenters. The molecule has 1 heterocycles. The van der Waals surface area contributed by atoms with E-state index in [0.29, 0.717) is 18.3 Å². The number of anilines is 1. The third-order valence-corrected chi connectivity index (χ3v) is 2.26. The van der Waals surface area contributed by atoms with Gasteiger partial charge in [-0.2, -0.15) is 0 Å². The molecule has 1 rings (SSSR count). The summed E-state index contributed by atoms with van der Waals surface area (Å²) in [5.41, 5.74) is 6.47. The maximum atomic E-state index is 5.57. The summed E-state index contributed by atoms with van der Waals surface area (Å²) in [4.78, 5) is 4.17. The third kappa shape index (κ3) is 4.79. The molecule has 3 heteroatoms. The largest absolute Gasteiger partial charge is 0.384 e. The van der Waals surface area contributed by atoms with Crippen molar-refractivity contribution in [2.24, 2.45) is 5.92 Å². The number of rotatable bonds is 6. The van der Waals surface area contributed by atoms with Crippen LogP contribution in [0.25, 0.3) is 0 Å². The van der Waals surface area contributed by atoms with Crippen molar-refractivity contribution in [3.05, 3.63) is 23.9 Å². The van der Waals surface area contributed by atoms with Gasteiger partial charge in [-0.3, -0.25) is 0 Å². The first kappa shape index (κ1) is 12.0. The van der Waals surface area contributed by atoms with E-state index < -0.39 is 0 Å². The highest BCUT2D eigenvalue weighted by molar-refractivity contribution is 5.28. The molecule has 2 N–H and O–H groups in total. The van der Waals surface area contributed by atoms with Crippen LogP contribution in [-0.4, -0.2) is 11.6 Å². The Morgan fingerprint density at radius 3 is 2.93 bits per heavy atom. The van der Waals surface area contributed by atoms with E-state index >= 15 is 0 Å². The minimum Gasteiger partial charge on any atom is -0.384 e. The van der Waals surface area contributed by atoms with Crippen LogP contribution in [0.5, 0.6) is 0 Å². The molecule has 0 saturated carbocycles. The van der Waals surface area contributed by atoms with Crippen molar-refractivity contribution in [3.63, 3.8) is 0 Å². The zero-order valence-electron chi connectivity index (χ0n) is 9.57. The second-order valence-corrected chi connectivity index (χ2v) is 3.96. The Labute approximate surface area is 91.7 Å². The Hall–Kier alpha value is -1.09. The van der Waals surface area contributed by atoms with Gasteiger partial charge in [-0.25, -0.2) is 4.98 Å². The number of nitrogens with two attached hydrogens (primary N) is 1. The smallest absolute Gasteiger partial charge is 0.123 e. The Morgan fingerprint density at radius 1 is 1.47 bits per heavy atom. The first-order chi connectivity index (χ1) is 7.22. The minimum atomic E-state index is 0.553. The zero-order valence-corrected chi connectivity index (χ0v) is 9.57. The van der Waals surface area contributed by atoms with Crippen LogP contribution >= 0.6 is 0 Å². The molecule has 0 aromatic carbocycles. The van der Waals surface area contributed by atoms with E-state index in [9.17, 15) is 0 Å². The van der Waals surface area contributed by atoms with Crippen LogP contribution in [-0.2, 0) is 11.3 Å². The van der Waals surface area contributed by atoms with E-state index in [1.54, 1.807) is 6.07 Å². The average molecular weight is 208 g/mol. The normalized spacial score (nSPS) is 12.7. The van der Waals surface area contributed by atoms with Crippen molar-refractivity contribution in [2.75, 3.05) is 12.3 Å². The molecule has 1 aromatic heterocycles. The molecule has 0 aliphatic carbocycles. The molecule has 84 valence electrons. The predicted molar refractivity (Wildman–Crippen MR) is 62.4 cm³/mol. The number of nitrogens with zero attached hydrogens (tertiary/aromatic N) is 1. The number of hydrogen-bond acceptors (Lipinski definition) is 3. The monoisotopic (exact) mass is 208 g/mol. The first-order valence-corrected chi connectivity index (χ1v) is 5.51. The Kier molecular flexibility index (Phi) is 5.12. The highest BCUT2D eigenvalue weighted by Gasteiger charge is 2.01. The second kappa shape index (κ2) is 6.40. The summed E-state index contributed by atoms with van der Waals surface area (Å²) < 4.78 is 5.57. The lowest BCUT2D eigenvalue weighted by atomic mass is 10.1. The molecular formula is C12H20N2O. The van der Waals surface area contributed by atoms with Gasteiger partial charge in [0.15, 0.2) is 0 Å². The van der Waals surface area contributed by atoms with Crippen LogP contribution in [0.3, 0.4) is 0 Å². The Balaban J connectivity index is 2.25. The van der Waals surface area contributed by atoms with Gasteiger partial charge >= 0.3 is 0 Å². The van der Waals surface area contributed by atoms with Crippen molar-refractivity contribution in [2.45, 2.75) is 33.3 Å². The lowest BCUT2D eigenvalue weighted by molar-refractivity contribution is 0.0873. The van der Waals surface area contributed by atoms with Crippen LogP contribution in [0.15, 0.2) is 18.2 Å². The van der Waals surface area contributed by atoms with Gasteiger partial charge in [0.1, 0.15) is 5.82 Å². The summed E-state index contributed by atoms with van der Waals surface area (Å²) in [6, 6.07) is 5.61. The molecular weight excluding hydrogens is 188 g/mol. The molecule has 15 heavy (non-hydrogen) atoms. The Morgan fingerprint density at radius 2 is 2.27 bits per heavy atom. The van der Waals surface area contributed by atoms with Crippen LogP contribution in [0.2, 0.25) is 0 Å². The van der Waals surface area contributed by atoms with Crippen molar-refractivity contribution in [1.29, 1.82) is 0 Å². The number of aromatic nitrogens is 1. The molecule has 0 aliphatic heterocycles. The molecule has 1 aromatic rings. The summed E-state index contributed by atoms with van der Waals surface area (Å²) in [7, 11) is 0. The fourth-order valence-electron chi connectivity index (χ4n) is 1.52. The van der Waals surface area contributed by atoms with Gasteiger partial charge in [0, 0.05) is 6.61 Å². The number of ether oxygens (including phenoxy) is 1. The zero-order chi connectivity index (χ0) is 11.1. The predicted octanol–water partition coefficient (Wildman–Crippen LogP) is 2.62. The highest BCUT2D eigenvalue weighted by Crippen LogP contribution is 2.07. The van der Waals surface area contributed by atoms with Gasteiger partial charge in [0.25, 0.3) is 0 Å². The number of hydrogen-bond donors (Lipinski definition) is 1. The number of pyridine rings is 1. The first-order valence-electron chi connectivity index (χ1n) is 5.51. The van der Waals surface area contributed by atoms with Gasteiger partial charge < -0.3 is 10.5 Å². The molecule has 0 aliphatic rings. The molecule has 3 nitrogen and oxygen atoms in total. The fraction of sp³-hybridized carbons (Fsp3) is 0.583. The lowest BCUT2D eigenvalue weighted by Gasteiger charge is -2.10. The lowest BCUT2D eigenvalue weighted by Crippen LogP contribution is -2.06. The maximum absolute atomic E-state index is 5.57. The van der Waals surface area contributed by atoms with E-state index in [-0.39, 0.29) is 0 Å². The van der Waals surface area contributed by atoms with Gasteiger partial charge in [0.2, 0.25) is 0 Å². The molecule has 0 bridgehead atoms. The van der Waals surface area contributed by atoms with E-state index in [1.165, 1.54) is 12.8 Å². The van der Waals surface area contributed by atoms with E-state index in [2.05, 4.69) is 18.8 Å². The Bertz CT molecular complexity index is 289. The van der Waals surface area contributed by atoms with Crippen molar-refractivity contribution in [3.8, 4) is 0 Å². The molecule has 0 radical (unpaired) electrons. The topological polar surface area (TPSA) is 48.1 Å². The van der Waals surface area contributed by atoms with Crippen LogP contribution in [0.1, 0.15) is 32.4 Å². The van der Waals surface area contributed by atoms with Gasteiger partial charge in [-0.1, -0.05) is 26.3 Å². The summed E-state index contributed by atoms with van der Waals surface area (Å²) in [6.45, 7) is 5.75. The summed E-state index contributed by atoms with van der Waals surface area (Å²) in [5, 5.41) is 0. The summed E-state index contributed by atoms with van der Waals surface area (Å²) in [6.07, 6.45) is 2.42. The molecule has 0 amide bonds. The van der Waals surface area contributed by atoms with Crippen LogP contribution in [0.4, 0.5) is 5.82 Å². The van der Waals surface area contributed by atoms with Gasteiger partial charge in [-0.05, 0) is 24.5 Å². The number of nitrogen functional groups attached to an aromatic ring is 1. The van der Waals surface area contributed by atoms with E-state index in [4.69, 9.17) is 10.5 Å². The molecule has 0 spiro atoms. The van der Waals surface area contributed by atoms with E-state index in [0.717, 1.165) is 12.3 Å². The quantitative estimate of drug-likeness (QED) is 0.781. The second-order valence-electron chi connectivity index (χ2n) is 3.96. The molecule has 0 saturated heterocycles. The summed E-state index contributed by atoms with van der Waals surface area (Å²) >= 11 is 0. The summed E-state index contributed by atoms with van der Waals surface area (Å²) in [5.74, 6) is 1.17. The average Bonchev–Trinajstić information content (AvgIpc) is 2.18. The van der Waals surface area contributed by atoms with Crippen molar-refractivity contribution < 1.29 is 4.74 Å². The minimum absolute atomic E-state index is 0.553. The molecule has 0 fully saturated rings. The van der Waals surface area contributed by atoms with Gasteiger partial charge in [0.05, 0.1) is 12.3 Å². The highest BCUT2D eigenvalue weighted by atomic mass is 16.5.